The van der Waals surface area contributed by atoms with E-state index in [0.29, 0.717) is 19.4 Å². The zero-order chi connectivity index (χ0) is 11.6. The monoisotopic (exact) mass is 218 g/mol. The molecule has 3 nitrogen and oxygen atoms in total. The summed E-state index contributed by atoms with van der Waals surface area (Å²) in [6.45, 7) is 1.82. The maximum Gasteiger partial charge on any atom is 0.320 e. The van der Waals surface area contributed by atoms with E-state index in [9.17, 15) is 9.59 Å². The molecule has 1 aromatic carbocycles. The number of Topliss-reactive ketones (excluding diaryl/α,β-unsaturated/α-hetero) is 1. The summed E-state index contributed by atoms with van der Waals surface area (Å²) in [4.78, 5) is 23.4. The standard InChI is InChI=1S/C13H14O3/c1-10(14)13(7-8-16-12(13)15)9-11-5-3-2-4-6-11/h2-6H,7-9H2,1H3/t13-/m0/s1. The number of carbonyl (C=O) groups excluding carboxylic acids is 2. The van der Waals surface area contributed by atoms with Crippen LogP contribution in [0.5, 0.6) is 0 Å². The van der Waals surface area contributed by atoms with Gasteiger partial charge in [0.2, 0.25) is 0 Å². The lowest BCUT2D eigenvalue weighted by atomic mass is 9.77. The van der Waals surface area contributed by atoms with Crippen LogP contribution in [0.3, 0.4) is 0 Å². The molecule has 0 radical (unpaired) electrons. The molecule has 0 N–H and O–H groups in total. The molecule has 1 heterocycles. The molecule has 84 valence electrons. The highest BCUT2D eigenvalue weighted by Gasteiger charge is 2.48. The molecule has 1 fully saturated rings. The highest BCUT2D eigenvalue weighted by Crippen LogP contribution is 2.34. The van der Waals surface area contributed by atoms with Crippen molar-refractivity contribution in [1.29, 1.82) is 0 Å². The van der Waals surface area contributed by atoms with Gasteiger partial charge in [-0.1, -0.05) is 30.3 Å². The third kappa shape index (κ3) is 1.73. The first-order valence-corrected chi connectivity index (χ1v) is 5.37. The number of hydrogen-bond donors (Lipinski definition) is 0. The molecule has 16 heavy (non-hydrogen) atoms. The summed E-state index contributed by atoms with van der Waals surface area (Å²) in [5.74, 6) is -0.470. The molecular formula is C13H14O3. The van der Waals surface area contributed by atoms with Crippen molar-refractivity contribution in [1.82, 2.24) is 0 Å². The Balaban J connectivity index is 2.29. The minimum absolute atomic E-state index is 0.0983. The maximum absolute atomic E-state index is 11.7. The van der Waals surface area contributed by atoms with Crippen molar-refractivity contribution in [2.24, 2.45) is 5.41 Å². The van der Waals surface area contributed by atoms with Gasteiger partial charge in [-0.15, -0.1) is 0 Å². The summed E-state index contributed by atoms with van der Waals surface area (Å²) in [5, 5.41) is 0. The number of ketones is 1. The molecule has 0 bridgehead atoms. The lowest BCUT2D eigenvalue weighted by Gasteiger charge is -2.21. The van der Waals surface area contributed by atoms with Gasteiger partial charge >= 0.3 is 5.97 Å². The predicted octanol–water partition coefficient (Wildman–Crippen LogP) is 1.75. The van der Waals surface area contributed by atoms with Crippen molar-refractivity contribution in [2.45, 2.75) is 19.8 Å². The quantitative estimate of drug-likeness (QED) is 0.573. The van der Waals surface area contributed by atoms with Crippen molar-refractivity contribution in [3.05, 3.63) is 35.9 Å². The Morgan fingerprint density at radius 3 is 2.56 bits per heavy atom. The molecule has 3 heteroatoms. The van der Waals surface area contributed by atoms with Crippen LogP contribution in [-0.2, 0) is 20.7 Å². The molecule has 0 aromatic heterocycles. The van der Waals surface area contributed by atoms with Gasteiger partial charge in [0.25, 0.3) is 0 Å². The van der Waals surface area contributed by atoms with Crippen molar-refractivity contribution in [3.8, 4) is 0 Å². The van der Waals surface area contributed by atoms with Gasteiger partial charge < -0.3 is 4.74 Å². The second-order valence-electron chi connectivity index (χ2n) is 4.19. The van der Waals surface area contributed by atoms with E-state index in [4.69, 9.17) is 4.74 Å². The van der Waals surface area contributed by atoms with E-state index in [2.05, 4.69) is 0 Å². The van der Waals surface area contributed by atoms with E-state index in [1.807, 2.05) is 30.3 Å². The Bertz CT molecular complexity index is 410. The van der Waals surface area contributed by atoms with Crippen LogP contribution in [0, 0.1) is 5.41 Å². The van der Waals surface area contributed by atoms with Gasteiger partial charge in [0, 0.05) is 6.42 Å². The average Bonchev–Trinajstić information content (AvgIpc) is 2.63. The number of carbonyl (C=O) groups is 2. The number of benzene rings is 1. The zero-order valence-electron chi connectivity index (χ0n) is 9.23. The number of ether oxygens (including phenoxy) is 1. The Labute approximate surface area is 94.4 Å². The molecule has 0 saturated carbocycles. The maximum atomic E-state index is 11.7. The molecule has 1 aromatic rings. The Morgan fingerprint density at radius 1 is 1.38 bits per heavy atom. The fourth-order valence-electron chi connectivity index (χ4n) is 2.11. The van der Waals surface area contributed by atoms with Crippen LogP contribution in [0.4, 0.5) is 0 Å². The van der Waals surface area contributed by atoms with E-state index in [1.54, 1.807) is 0 Å². The molecule has 1 aliphatic heterocycles. The molecule has 0 spiro atoms. The second-order valence-corrected chi connectivity index (χ2v) is 4.19. The molecule has 0 amide bonds. The molecule has 0 aliphatic carbocycles. The topological polar surface area (TPSA) is 43.4 Å². The fraction of sp³-hybridized carbons (Fsp3) is 0.385. The third-order valence-electron chi connectivity index (χ3n) is 3.18. The van der Waals surface area contributed by atoms with Crippen LogP contribution in [-0.4, -0.2) is 18.4 Å². The molecule has 2 rings (SSSR count). The largest absolute Gasteiger partial charge is 0.465 e. The van der Waals surface area contributed by atoms with Crippen LogP contribution < -0.4 is 0 Å². The van der Waals surface area contributed by atoms with Crippen LogP contribution in [0.1, 0.15) is 18.9 Å². The van der Waals surface area contributed by atoms with Crippen LogP contribution in [0.15, 0.2) is 30.3 Å². The zero-order valence-corrected chi connectivity index (χ0v) is 9.23. The molecule has 1 atom stereocenters. The van der Waals surface area contributed by atoms with Crippen molar-refractivity contribution < 1.29 is 14.3 Å². The first-order chi connectivity index (χ1) is 7.65. The highest BCUT2D eigenvalue weighted by molar-refractivity contribution is 6.04. The van der Waals surface area contributed by atoms with Crippen LogP contribution >= 0.6 is 0 Å². The van der Waals surface area contributed by atoms with E-state index >= 15 is 0 Å². The SMILES string of the molecule is CC(=O)[C@@]1(Cc2ccccc2)CCOC1=O. The first-order valence-electron chi connectivity index (χ1n) is 5.37. The van der Waals surface area contributed by atoms with Gasteiger partial charge in [0.1, 0.15) is 11.2 Å². The summed E-state index contributed by atoms with van der Waals surface area (Å²) >= 11 is 0. The predicted molar refractivity (Wildman–Crippen MR) is 58.8 cm³/mol. The number of esters is 1. The Kier molecular flexibility index (Phi) is 2.77. The van der Waals surface area contributed by atoms with Gasteiger partial charge in [-0.3, -0.25) is 9.59 Å². The minimum Gasteiger partial charge on any atom is -0.465 e. The number of rotatable bonds is 3. The summed E-state index contributed by atoms with van der Waals surface area (Å²) in [6, 6.07) is 9.58. The normalized spacial score (nSPS) is 24.2. The molecular weight excluding hydrogens is 204 g/mol. The van der Waals surface area contributed by atoms with Crippen molar-refractivity contribution >= 4 is 11.8 Å². The van der Waals surface area contributed by atoms with Crippen molar-refractivity contribution in [2.75, 3.05) is 6.61 Å². The van der Waals surface area contributed by atoms with Gasteiger partial charge in [-0.25, -0.2) is 0 Å². The van der Waals surface area contributed by atoms with E-state index in [1.165, 1.54) is 6.92 Å². The molecule has 1 aliphatic rings. The van der Waals surface area contributed by atoms with Crippen LogP contribution in [0.2, 0.25) is 0 Å². The van der Waals surface area contributed by atoms with Crippen LogP contribution in [0.25, 0.3) is 0 Å². The summed E-state index contributed by atoms with van der Waals surface area (Å²) in [6.07, 6.45) is 0.943. The molecule has 0 unspecified atom stereocenters. The highest BCUT2D eigenvalue weighted by atomic mass is 16.5. The summed E-state index contributed by atoms with van der Waals surface area (Å²) < 4.78 is 4.94. The van der Waals surface area contributed by atoms with Crippen molar-refractivity contribution in [3.63, 3.8) is 0 Å². The lowest BCUT2D eigenvalue weighted by molar-refractivity contribution is -0.150. The van der Waals surface area contributed by atoms with Gasteiger partial charge in [-0.2, -0.15) is 0 Å². The van der Waals surface area contributed by atoms with E-state index < -0.39 is 5.41 Å². The first kappa shape index (κ1) is 10.9. The number of cyclic esters (lactones) is 1. The summed E-state index contributed by atoms with van der Waals surface area (Å²) in [5.41, 5.74) is 0.0537. The second kappa shape index (κ2) is 4.08. The van der Waals surface area contributed by atoms with Gasteiger partial charge in [0.15, 0.2) is 0 Å². The fourth-order valence-corrected chi connectivity index (χ4v) is 2.11. The minimum atomic E-state index is -0.943. The average molecular weight is 218 g/mol. The van der Waals surface area contributed by atoms with Gasteiger partial charge in [-0.05, 0) is 18.9 Å². The number of hydrogen-bond acceptors (Lipinski definition) is 3. The van der Waals surface area contributed by atoms with E-state index in [-0.39, 0.29) is 11.8 Å². The third-order valence-corrected chi connectivity index (χ3v) is 3.18. The van der Waals surface area contributed by atoms with E-state index in [0.717, 1.165) is 5.56 Å². The van der Waals surface area contributed by atoms with Gasteiger partial charge in [0.05, 0.1) is 6.61 Å². The lowest BCUT2D eigenvalue weighted by Crippen LogP contribution is -2.36. The Morgan fingerprint density at radius 2 is 2.06 bits per heavy atom. The molecule has 1 saturated heterocycles. The Hall–Kier alpha value is -1.64. The smallest absolute Gasteiger partial charge is 0.320 e. The summed E-state index contributed by atoms with van der Waals surface area (Å²) in [7, 11) is 0.